The Labute approximate surface area is 107 Å². The van der Waals surface area contributed by atoms with Gasteiger partial charge in [-0.05, 0) is 43.5 Å². The number of fused-ring (bicyclic) bond motifs is 1. The minimum Gasteiger partial charge on any atom is -0.493 e. The first-order valence-corrected chi connectivity index (χ1v) is 6.38. The minimum absolute atomic E-state index is 0.0601. The second kappa shape index (κ2) is 5.87. The molecule has 1 aliphatic heterocycles. The van der Waals surface area contributed by atoms with Crippen LogP contribution in [0.5, 0.6) is 5.75 Å². The molecule has 98 valence electrons. The second-order valence-electron chi connectivity index (χ2n) is 4.66. The highest BCUT2D eigenvalue weighted by Crippen LogP contribution is 2.25. The Bertz CT molecular complexity index is 431. The third-order valence-corrected chi connectivity index (χ3v) is 3.12. The van der Waals surface area contributed by atoms with Crippen molar-refractivity contribution in [2.75, 3.05) is 13.2 Å². The van der Waals surface area contributed by atoms with Crippen LogP contribution in [0, 0.1) is 0 Å². The summed E-state index contributed by atoms with van der Waals surface area (Å²) >= 11 is 0. The van der Waals surface area contributed by atoms with E-state index >= 15 is 0 Å². The van der Waals surface area contributed by atoms with E-state index in [1.54, 1.807) is 6.07 Å². The quantitative estimate of drug-likeness (QED) is 0.831. The molecule has 4 heteroatoms. The van der Waals surface area contributed by atoms with E-state index in [2.05, 4.69) is 5.32 Å². The van der Waals surface area contributed by atoms with Crippen molar-refractivity contribution in [2.45, 2.75) is 32.2 Å². The van der Waals surface area contributed by atoms with Crippen LogP contribution in [0.15, 0.2) is 18.2 Å². The van der Waals surface area contributed by atoms with Gasteiger partial charge in [-0.1, -0.05) is 0 Å². The summed E-state index contributed by atoms with van der Waals surface area (Å²) in [4.78, 5) is 12.0. The molecule has 1 atom stereocenters. The molecular weight excluding hydrogens is 230 g/mol. The number of hydrogen-bond acceptors (Lipinski definition) is 3. The molecule has 0 saturated heterocycles. The van der Waals surface area contributed by atoms with Crippen LogP contribution in [0.1, 0.15) is 35.7 Å². The van der Waals surface area contributed by atoms with Crippen LogP contribution in [0.3, 0.4) is 0 Å². The van der Waals surface area contributed by atoms with Crippen LogP contribution in [-0.2, 0) is 6.42 Å². The van der Waals surface area contributed by atoms with Gasteiger partial charge >= 0.3 is 0 Å². The van der Waals surface area contributed by atoms with Crippen LogP contribution in [0.4, 0.5) is 0 Å². The molecule has 0 fully saturated rings. The average Bonchev–Trinajstić information content (AvgIpc) is 2.83. The number of ether oxygens (including phenoxy) is 1. The summed E-state index contributed by atoms with van der Waals surface area (Å²) in [7, 11) is 0. The van der Waals surface area contributed by atoms with Gasteiger partial charge in [-0.3, -0.25) is 4.79 Å². The smallest absolute Gasteiger partial charge is 0.251 e. The van der Waals surface area contributed by atoms with Gasteiger partial charge in [0.2, 0.25) is 0 Å². The number of benzene rings is 1. The number of nitrogens with one attached hydrogen (secondary N) is 1. The highest BCUT2D eigenvalue weighted by molar-refractivity contribution is 5.94. The highest BCUT2D eigenvalue weighted by atomic mass is 16.5. The molecule has 1 aliphatic rings. The largest absolute Gasteiger partial charge is 0.493 e. The van der Waals surface area contributed by atoms with Crippen LogP contribution in [0.2, 0.25) is 0 Å². The van der Waals surface area contributed by atoms with Crippen LogP contribution < -0.4 is 10.1 Å². The summed E-state index contributed by atoms with van der Waals surface area (Å²) in [5.74, 6) is 0.829. The van der Waals surface area contributed by atoms with Gasteiger partial charge in [-0.25, -0.2) is 0 Å². The molecule has 2 rings (SSSR count). The first kappa shape index (κ1) is 12.9. The van der Waals surface area contributed by atoms with E-state index in [1.807, 2.05) is 19.1 Å². The Morgan fingerprint density at radius 3 is 3.17 bits per heavy atom. The van der Waals surface area contributed by atoms with E-state index in [1.165, 1.54) is 0 Å². The molecule has 1 amide bonds. The first-order chi connectivity index (χ1) is 8.70. The van der Waals surface area contributed by atoms with Gasteiger partial charge in [0.1, 0.15) is 5.75 Å². The predicted molar refractivity (Wildman–Crippen MR) is 68.9 cm³/mol. The van der Waals surface area contributed by atoms with Crippen LogP contribution >= 0.6 is 0 Å². The van der Waals surface area contributed by atoms with Crippen molar-refractivity contribution in [1.82, 2.24) is 5.32 Å². The number of aliphatic hydroxyl groups excluding tert-OH is 1. The molecule has 1 aromatic carbocycles. The Kier molecular flexibility index (Phi) is 4.20. The third kappa shape index (κ3) is 3.01. The van der Waals surface area contributed by atoms with Gasteiger partial charge in [-0.2, -0.15) is 0 Å². The maximum absolute atomic E-state index is 12.0. The maximum atomic E-state index is 12.0. The number of rotatable bonds is 5. The van der Waals surface area contributed by atoms with Crippen molar-refractivity contribution in [3.05, 3.63) is 29.3 Å². The van der Waals surface area contributed by atoms with Crippen molar-refractivity contribution in [3.63, 3.8) is 0 Å². The topological polar surface area (TPSA) is 58.6 Å². The van der Waals surface area contributed by atoms with Gasteiger partial charge in [0.15, 0.2) is 0 Å². The Morgan fingerprint density at radius 1 is 1.56 bits per heavy atom. The monoisotopic (exact) mass is 249 g/mol. The average molecular weight is 249 g/mol. The normalized spacial score (nSPS) is 14.8. The molecule has 0 spiro atoms. The van der Waals surface area contributed by atoms with Gasteiger partial charge < -0.3 is 15.2 Å². The standard InChI is InChI=1S/C14H19NO3/c1-10(3-2-7-16)15-14(17)12-4-5-13-11(9-12)6-8-18-13/h4-5,9-10,16H,2-3,6-8H2,1H3,(H,15,17). The molecule has 1 aromatic rings. The van der Waals surface area contributed by atoms with Crippen LogP contribution in [0.25, 0.3) is 0 Å². The van der Waals surface area contributed by atoms with E-state index in [0.717, 1.165) is 24.2 Å². The van der Waals surface area contributed by atoms with Gasteiger partial charge in [0, 0.05) is 24.6 Å². The lowest BCUT2D eigenvalue weighted by Gasteiger charge is -2.13. The summed E-state index contributed by atoms with van der Waals surface area (Å²) < 4.78 is 5.41. The van der Waals surface area contributed by atoms with E-state index < -0.39 is 0 Å². The summed E-state index contributed by atoms with van der Waals surface area (Å²) in [6.07, 6.45) is 2.37. The number of carbonyl (C=O) groups is 1. The van der Waals surface area contributed by atoms with Gasteiger partial charge in [-0.15, -0.1) is 0 Å². The van der Waals surface area contributed by atoms with E-state index in [4.69, 9.17) is 9.84 Å². The highest BCUT2D eigenvalue weighted by Gasteiger charge is 2.15. The number of amides is 1. The molecule has 0 bridgehead atoms. The fraction of sp³-hybridized carbons (Fsp3) is 0.500. The number of hydrogen-bond donors (Lipinski definition) is 2. The fourth-order valence-corrected chi connectivity index (χ4v) is 2.10. The molecule has 1 heterocycles. The molecule has 0 radical (unpaired) electrons. The van der Waals surface area contributed by atoms with Gasteiger partial charge in [0.25, 0.3) is 5.91 Å². The molecule has 18 heavy (non-hydrogen) atoms. The number of carbonyl (C=O) groups excluding carboxylic acids is 1. The Balaban J connectivity index is 1.96. The Morgan fingerprint density at radius 2 is 2.39 bits per heavy atom. The Hall–Kier alpha value is -1.55. The summed E-state index contributed by atoms with van der Waals surface area (Å²) in [5.41, 5.74) is 1.78. The SMILES string of the molecule is CC(CCCO)NC(=O)c1ccc2c(c1)CCO2. The molecule has 1 unspecified atom stereocenters. The van der Waals surface area contributed by atoms with Crippen molar-refractivity contribution in [2.24, 2.45) is 0 Å². The van der Waals surface area contributed by atoms with Crippen molar-refractivity contribution < 1.29 is 14.6 Å². The minimum atomic E-state index is -0.0601. The zero-order valence-corrected chi connectivity index (χ0v) is 10.6. The van der Waals surface area contributed by atoms with E-state index in [-0.39, 0.29) is 18.6 Å². The second-order valence-corrected chi connectivity index (χ2v) is 4.66. The van der Waals surface area contributed by atoms with E-state index in [0.29, 0.717) is 18.6 Å². The first-order valence-electron chi connectivity index (χ1n) is 6.38. The lowest BCUT2D eigenvalue weighted by molar-refractivity contribution is 0.0936. The molecule has 0 saturated carbocycles. The summed E-state index contributed by atoms with van der Waals surface area (Å²) in [5, 5.41) is 11.7. The molecule has 0 aromatic heterocycles. The lowest BCUT2D eigenvalue weighted by atomic mass is 10.1. The predicted octanol–water partition coefficient (Wildman–Crippen LogP) is 1.51. The van der Waals surface area contributed by atoms with Gasteiger partial charge in [0.05, 0.1) is 6.61 Å². The van der Waals surface area contributed by atoms with Crippen molar-refractivity contribution >= 4 is 5.91 Å². The summed E-state index contributed by atoms with van der Waals surface area (Å²) in [6.45, 7) is 2.81. The lowest BCUT2D eigenvalue weighted by Crippen LogP contribution is -2.32. The maximum Gasteiger partial charge on any atom is 0.251 e. The molecule has 0 aliphatic carbocycles. The number of aliphatic hydroxyl groups is 1. The molecule has 2 N–H and O–H groups in total. The molecular formula is C14H19NO3. The third-order valence-electron chi connectivity index (χ3n) is 3.12. The zero-order chi connectivity index (χ0) is 13.0. The van der Waals surface area contributed by atoms with Crippen molar-refractivity contribution in [3.8, 4) is 5.75 Å². The van der Waals surface area contributed by atoms with Crippen molar-refractivity contribution in [1.29, 1.82) is 0 Å². The zero-order valence-electron chi connectivity index (χ0n) is 10.6. The fourth-order valence-electron chi connectivity index (χ4n) is 2.10. The van der Waals surface area contributed by atoms with E-state index in [9.17, 15) is 4.79 Å². The molecule has 4 nitrogen and oxygen atoms in total. The van der Waals surface area contributed by atoms with Crippen LogP contribution in [-0.4, -0.2) is 30.3 Å². The summed E-state index contributed by atoms with van der Waals surface area (Å²) in [6, 6.07) is 5.62.